The Morgan fingerprint density at radius 1 is 1.06 bits per heavy atom. The van der Waals surface area contributed by atoms with Crippen molar-refractivity contribution in [3.8, 4) is 5.75 Å². The topological polar surface area (TPSA) is 103 Å². The van der Waals surface area contributed by atoms with E-state index in [0.717, 1.165) is 16.5 Å². The van der Waals surface area contributed by atoms with E-state index < -0.39 is 11.7 Å². The van der Waals surface area contributed by atoms with E-state index in [1.54, 1.807) is 24.3 Å². The molecule has 0 saturated heterocycles. The zero-order chi connectivity index (χ0) is 24.6. The lowest BCUT2D eigenvalue weighted by Gasteiger charge is -2.20. The fraction of sp³-hybridized carbons (Fsp3) is 0.111. The van der Waals surface area contributed by atoms with E-state index in [4.69, 9.17) is 9.94 Å². The molecule has 0 aliphatic heterocycles. The maximum Gasteiger partial charge on any atom is 0.267 e. The first-order valence-corrected chi connectivity index (χ1v) is 11.0. The molecule has 2 amide bonds. The number of fused-ring (bicyclic) bond motifs is 1. The van der Waals surface area contributed by atoms with Gasteiger partial charge in [-0.05, 0) is 66.1 Å². The number of hydrogen-bond donors (Lipinski definition) is 4. The minimum atomic E-state index is -0.640. The van der Waals surface area contributed by atoms with Gasteiger partial charge in [0.2, 0.25) is 0 Å². The van der Waals surface area contributed by atoms with Crippen molar-refractivity contribution in [2.75, 3.05) is 6.61 Å². The third-order valence-corrected chi connectivity index (χ3v) is 5.43. The summed E-state index contributed by atoms with van der Waals surface area (Å²) in [5.74, 6) is -0.828. The van der Waals surface area contributed by atoms with E-state index in [2.05, 4.69) is 10.3 Å². The Hall–Kier alpha value is -4.43. The van der Waals surface area contributed by atoms with Crippen LogP contribution in [-0.2, 0) is 11.2 Å². The van der Waals surface area contributed by atoms with Crippen LogP contribution in [0.3, 0.4) is 0 Å². The van der Waals surface area contributed by atoms with Gasteiger partial charge in [0.1, 0.15) is 18.2 Å². The molecule has 0 aliphatic rings. The summed E-state index contributed by atoms with van der Waals surface area (Å²) < 4.78 is 19.3. The van der Waals surface area contributed by atoms with Gasteiger partial charge in [-0.1, -0.05) is 30.3 Å². The van der Waals surface area contributed by atoms with Crippen molar-refractivity contribution in [3.05, 3.63) is 108 Å². The van der Waals surface area contributed by atoms with Gasteiger partial charge >= 0.3 is 0 Å². The molecule has 4 rings (SSSR count). The lowest BCUT2D eigenvalue weighted by molar-refractivity contribution is -0.124. The third-order valence-electron chi connectivity index (χ3n) is 5.43. The second-order valence-corrected chi connectivity index (χ2v) is 7.93. The van der Waals surface area contributed by atoms with Gasteiger partial charge in [-0.2, -0.15) is 0 Å². The molecule has 4 aromatic rings. The Kier molecular flexibility index (Phi) is 7.54. The summed E-state index contributed by atoms with van der Waals surface area (Å²) in [6.45, 7) is 0.177. The quantitative estimate of drug-likeness (QED) is 0.166. The van der Waals surface area contributed by atoms with Crippen LogP contribution in [0.15, 0.2) is 85.1 Å². The highest BCUT2D eigenvalue weighted by molar-refractivity contribution is 5.94. The minimum Gasteiger partial charge on any atom is -0.491 e. The van der Waals surface area contributed by atoms with Gasteiger partial charge in [0.15, 0.2) is 0 Å². The van der Waals surface area contributed by atoms with Crippen molar-refractivity contribution >= 4 is 28.8 Å². The van der Waals surface area contributed by atoms with Crippen molar-refractivity contribution in [2.24, 2.45) is 0 Å². The van der Waals surface area contributed by atoms with E-state index in [9.17, 15) is 14.0 Å². The number of halogens is 1. The van der Waals surface area contributed by atoms with Crippen molar-refractivity contribution in [1.29, 1.82) is 0 Å². The molecule has 0 unspecified atom stereocenters. The van der Waals surface area contributed by atoms with Crippen LogP contribution in [0.2, 0.25) is 0 Å². The number of amides is 2. The highest BCUT2D eigenvalue weighted by Gasteiger charge is 2.18. The number of aromatic nitrogens is 1. The smallest absolute Gasteiger partial charge is 0.267 e. The average molecular weight is 474 g/mol. The second-order valence-electron chi connectivity index (χ2n) is 7.93. The van der Waals surface area contributed by atoms with Crippen molar-refractivity contribution in [2.45, 2.75) is 12.5 Å². The molecule has 0 fully saturated rings. The molecule has 0 bridgehead atoms. The van der Waals surface area contributed by atoms with E-state index in [-0.39, 0.29) is 18.6 Å². The Balaban J connectivity index is 1.51. The van der Waals surface area contributed by atoms with Crippen LogP contribution < -0.4 is 15.5 Å². The van der Waals surface area contributed by atoms with E-state index in [1.165, 1.54) is 41.9 Å². The lowest BCUT2D eigenvalue weighted by atomic mass is 10.0. The zero-order valence-corrected chi connectivity index (χ0v) is 18.7. The average Bonchev–Trinajstić information content (AvgIpc) is 3.29. The molecule has 1 atom stereocenters. The van der Waals surface area contributed by atoms with Gasteiger partial charge in [0.05, 0.1) is 6.04 Å². The third kappa shape index (κ3) is 6.33. The monoisotopic (exact) mass is 473 g/mol. The standard InChI is InChI=1S/C27H24FN3O4/c28-21-11-9-19(10-12-21)27(33)30-22(15-20-16-29-25-7-2-1-6-24(20)25)17-35-23-5-3-4-18(14-23)8-13-26(32)31-34/h1-14,16,22,29,34H,15,17H2,(H,30,33)(H,31,32)/b13-8+/t22-/m0/s1. The van der Waals surface area contributed by atoms with Crippen LogP contribution in [0.4, 0.5) is 4.39 Å². The van der Waals surface area contributed by atoms with E-state index in [1.807, 2.05) is 30.5 Å². The predicted octanol–water partition coefficient (Wildman–Crippen LogP) is 4.25. The fourth-order valence-electron chi connectivity index (χ4n) is 3.70. The van der Waals surface area contributed by atoms with Crippen LogP contribution in [0.1, 0.15) is 21.5 Å². The zero-order valence-electron chi connectivity index (χ0n) is 18.7. The summed E-state index contributed by atoms with van der Waals surface area (Å²) in [4.78, 5) is 27.3. The number of ether oxygens (including phenoxy) is 1. The Labute approximate surface area is 201 Å². The number of carbonyl (C=O) groups excluding carboxylic acids is 2. The lowest BCUT2D eigenvalue weighted by Crippen LogP contribution is -2.40. The highest BCUT2D eigenvalue weighted by atomic mass is 19.1. The predicted molar refractivity (Wildman–Crippen MR) is 131 cm³/mol. The van der Waals surface area contributed by atoms with Gasteiger partial charge in [0.25, 0.3) is 11.8 Å². The molecule has 3 aromatic carbocycles. The normalized spacial score (nSPS) is 11.9. The largest absolute Gasteiger partial charge is 0.491 e. The minimum absolute atomic E-state index is 0.177. The van der Waals surface area contributed by atoms with Crippen LogP contribution in [0.5, 0.6) is 5.75 Å². The molecule has 1 aromatic heterocycles. The molecule has 4 N–H and O–H groups in total. The van der Waals surface area contributed by atoms with Crippen LogP contribution in [-0.4, -0.2) is 34.7 Å². The SMILES string of the molecule is O=C(/C=C/c1cccc(OC[C@H](Cc2c[nH]c3ccccc23)NC(=O)c2ccc(F)cc2)c1)NO. The summed E-state index contributed by atoms with van der Waals surface area (Å²) in [6, 6.07) is 20.0. The molecule has 0 saturated carbocycles. The molecule has 7 nitrogen and oxygen atoms in total. The first kappa shape index (κ1) is 23.7. The van der Waals surface area contributed by atoms with Crippen LogP contribution in [0.25, 0.3) is 17.0 Å². The second kappa shape index (κ2) is 11.1. The number of para-hydroxylation sites is 1. The number of benzene rings is 3. The number of nitrogens with one attached hydrogen (secondary N) is 3. The molecule has 35 heavy (non-hydrogen) atoms. The van der Waals surface area contributed by atoms with Gasteiger partial charge < -0.3 is 15.0 Å². The van der Waals surface area contributed by atoms with E-state index >= 15 is 0 Å². The first-order valence-electron chi connectivity index (χ1n) is 11.0. The van der Waals surface area contributed by atoms with Gasteiger partial charge in [-0.15, -0.1) is 0 Å². The Bertz CT molecular complexity index is 1350. The van der Waals surface area contributed by atoms with Crippen molar-refractivity contribution < 1.29 is 23.9 Å². The summed E-state index contributed by atoms with van der Waals surface area (Å²) in [7, 11) is 0. The number of H-pyrrole nitrogens is 1. The van der Waals surface area contributed by atoms with Gasteiger partial charge in [0, 0.05) is 28.7 Å². The number of aromatic amines is 1. The summed E-state index contributed by atoms with van der Waals surface area (Å²) in [5.41, 5.74) is 4.62. The maximum atomic E-state index is 13.3. The molecular weight excluding hydrogens is 449 g/mol. The highest BCUT2D eigenvalue weighted by Crippen LogP contribution is 2.20. The van der Waals surface area contributed by atoms with E-state index in [0.29, 0.717) is 23.3 Å². The van der Waals surface area contributed by atoms with Crippen molar-refractivity contribution in [3.63, 3.8) is 0 Å². The Morgan fingerprint density at radius 2 is 1.86 bits per heavy atom. The van der Waals surface area contributed by atoms with Gasteiger partial charge in [-0.3, -0.25) is 14.8 Å². The van der Waals surface area contributed by atoms with Crippen LogP contribution >= 0.6 is 0 Å². The molecule has 1 heterocycles. The number of hydrogen-bond acceptors (Lipinski definition) is 4. The van der Waals surface area contributed by atoms with Gasteiger partial charge in [-0.25, -0.2) is 9.87 Å². The number of hydroxylamine groups is 1. The molecule has 0 aliphatic carbocycles. The summed E-state index contributed by atoms with van der Waals surface area (Å²) in [5, 5.41) is 12.7. The first-order chi connectivity index (χ1) is 17.0. The molecule has 178 valence electrons. The molecule has 0 radical (unpaired) electrons. The maximum absolute atomic E-state index is 13.3. The molecule has 0 spiro atoms. The summed E-state index contributed by atoms with van der Waals surface area (Å²) in [6.07, 6.45) is 5.16. The van der Waals surface area contributed by atoms with Crippen molar-refractivity contribution in [1.82, 2.24) is 15.8 Å². The fourth-order valence-corrected chi connectivity index (χ4v) is 3.70. The number of rotatable bonds is 9. The number of carbonyl (C=O) groups is 2. The summed E-state index contributed by atoms with van der Waals surface area (Å²) >= 11 is 0. The van der Waals surface area contributed by atoms with Crippen LogP contribution in [0, 0.1) is 5.82 Å². The molecule has 8 heteroatoms. The molecular formula is C27H24FN3O4. The Morgan fingerprint density at radius 3 is 2.66 bits per heavy atom.